The van der Waals surface area contributed by atoms with Crippen molar-refractivity contribution in [1.82, 2.24) is 10.2 Å². The predicted molar refractivity (Wildman–Crippen MR) is 50.1 cm³/mol. The molecule has 13 heavy (non-hydrogen) atoms. The maximum atomic E-state index is 8.70. The van der Waals surface area contributed by atoms with Gasteiger partial charge in [0.05, 0.1) is 11.8 Å². The van der Waals surface area contributed by atoms with Crippen molar-refractivity contribution in [2.45, 2.75) is 6.92 Å². The zero-order chi connectivity index (χ0) is 9.68. The fourth-order valence-corrected chi connectivity index (χ4v) is 0.787. The summed E-state index contributed by atoms with van der Waals surface area (Å²) in [6.07, 6.45) is 1.49. The van der Waals surface area contributed by atoms with Crippen molar-refractivity contribution in [3.8, 4) is 6.07 Å². The SMILES string of the molecule is C=C(C)CNc1nnccc1C#N. The highest BCUT2D eigenvalue weighted by Crippen LogP contribution is 2.07. The molecule has 0 aliphatic heterocycles. The van der Waals surface area contributed by atoms with E-state index in [0.29, 0.717) is 17.9 Å². The molecule has 4 heteroatoms. The third-order valence-electron chi connectivity index (χ3n) is 1.40. The Morgan fingerprint density at radius 1 is 1.77 bits per heavy atom. The van der Waals surface area contributed by atoms with Crippen LogP contribution in [0.1, 0.15) is 12.5 Å². The Morgan fingerprint density at radius 3 is 3.15 bits per heavy atom. The van der Waals surface area contributed by atoms with Crippen LogP contribution in [-0.2, 0) is 0 Å². The molecule has 0 aliphatic carbocycles. The molecular formula is C9H10N4. The van der Waals surface area contributed by atoms with E-state index in [-0.39, 0.29) is 0 Å². The van der Waals surface area contributed by atoms with Gasteiger partial charge < -0.3 is 5.32 Å². The van der Waals surface area contributed by atoms with Crippen LogP contribution in [0.25, 0.3) is 0 Å². The molecule has 0 amide bonds. The summed E-state index contributed by atoms with van der Waals surface area (Å²) < 4.78 is 0. The number of rotatable bonds is 3. The predicted octanol–water partition coefficient (Wildman–Crippen LogP) is 1.34. The molecule has 0 bridgehead atoms. The average Bonchev–Trinajstić information content (AvgIpc) is 2.15. The van der Waals surface area contributed by atoms with Gasteiger partial charge in [0, 0.05) is 6.54 Å². The van der Waals surface area contributed by atoms with Gasteiger partial charge in [0.15, 0.2) is 5.82 Å². The Labute approximate surface area is 76.9 Å². The minimum absolute atomic E-state index is 0.497. The molecule has 0 saturated heterocycles. The van der Waals surface area contributed by atoms with E-state index >= 15 is 0 Å². The summed E-state index contributed by atoms with van der Waals surface area (Å²) in [5.74, 6) is 0.507. The lowest BCUT2D eigenvalue weighted by Crippen LogP contribution is -2.06. The first-order valence-corrected chi connectivity index (χ1v) is 3.84. The summed E-state index contributed by atoms with van der Waals surface area (Å²) in [7, 11) is 0. The number of nitrogens with one attached hydrogen (secondary N) is 1. The minimum atomic E-state index is 0.497. The number of hydrogen-bond donors (Lipinski definition) is 1. The Balaban J connectivity index is 2.77. The van der Waals surface area contributed by atoms with Gasteiger partial charge in [-0.1, -0.05) is 12.2 Å². The maximum Gasteiger partial charge on any atom is 0.166 e. The van der Waals surface area contributed by atoms with E-state index in [4.69, 9.17) is 5.26 Å². The fraction of sp³-hybridized carbons (Fsp3) is 0.222. The number of nitriles is 1. The van der Waals surface area contributed by atoms with Crippen LogP contribution in [0.4, 0.5) is 5.82 Å². The van der Waals surface area contributed by atoms with Crippen molar-refractivity contribution in [3.05, 3.63) is 30.0 Å². The largest absolute Gasteiger partial charge is 0.364 e. The monoisotopic (exact) mass is 174 g/mol. The van der Waals surface area contributed by atoms with Crippen molar-refractivity contribution < 1.29 is 0 Å². The van der Waals surface area contributed by atoms with Gasteiger partial charge >= 0.3 is 0 Å². The smallest absolute Gasteiger partial charge is 0.166 e. The highest BCUT2D eigenvalue weighted by atomic mass is 15.2. The molecule has 0 fully saturated rings. The highest BCUT2D eigenvalue weighted by molar-refractivity contribution is 5.50. The Morgan fingerprint density at radius 2 is 2.54 bits per heavy atom. The van der Waals surface area contributed by atoms with E-state index in [1.54, 1.807) is 6.07 Å². The molecule has 1 aromatic rings. The van der Waals surface area contributed by atoms with Gasteiger partial charge in [0.1, 0.15) is 6.07 Å². The Kier molecular flexibility index (Phi) is 2.98. The summed E-state index contributed by atoms with van der Waals surface area (Å²) in [6, 6.07) is 3.64. The zero-order valence-corrected chi connectivity index (χ0v) is 7.41. The highest BCUT2D eigenvalue weighted by Gasteiger charge is 2.01. The zero-order valence-electron chi connectivity index (χ0n) is 7.41. The van der Waals surface area contributed by atoms with Crippen LogP contribution >= 0.6 is 0 Å². The van der Waals surface area contributed by atoms with Crippen molar-refractivity contribution in [2.75, 3.05) is 11.9 Å². The lowest BCUT2D eigenvalue weighted by atomic mass is 10.3. The Hall–Kier alpha value is -1.89. The first-order chi connectivity index (χ1) is 6.24. The van der Waals surface area contributed by atoms with E-state index in [1.807, 2.05) is 13.0 Å². The summed E-state index contributed by atoms with van der Waals surface area (Å²) in [5.41, 5.74) is 1.48. The van der Waals surface area contributed by atoms with Crippen LogP contribution in [0.5, 0.6) is 0 Å². The van der Waals surface area contributed by atoms with Gasteiger partial charge in [-0.3, -0.25) is 0 Å². The van der Waals surface area contributed by atoms with E-state index in [9.17, 15) is 0 Å². The molecule has 0 radical (unpaired) electrons. The summed E-state index contributed by atoms with van der Waals surface area (Å²) >= 11 is 0. The number of anilines is 1. The quantitative estimate of drug-likeness (QED) is 0.702. The molecule has 1 rings (SSSR count). The second kappa shape index (κ2) is 4.21. The van der Waals surface area contributed by atoms with Gasteiger partial charge in [0.25, 0.3) is 0 Å². The minimum Gasteiger partial charge on any atom is -0.364 e. The standard InChI is InChI=1S/C9H10N4/c1-7(2)6-11-9-8(5-10)3-4-12-13-9/h3-4H,1,6H2,2H3,(H,11,13). The molecule has 0 unspecified atom stereocenters. The molecule has 4 nitrogen and oxygen atoms in total. The van der Waals surface area contributed by atoms with Crippen molar-refractivity contribution in [1.29, 1.82) is 5.26 Å². The molecule has 1 heterocycles. The maximum absolute atomic E-state index is 8.70. The molecule has 0 saturated carbocycles. The van der Waals surface area contributed by atoms with Crippen molar-refractivity contribution >= 4 is 5.82 Å². The van der Waals surface area contributed by atoms with Gasteiger partial charge in [-0.05, 0) is 13.0 Å². The molecule has 1 aromatic heterocycles. The van der Waals surface area contributed by atoms with Crippen LogP contribution in [0, 0.1) is 11.3 Å². The molecule has 66 valence electrons. The van der Waals surface area contributed by atoms with Crippen LogP contribution in [0.3, 0.4) is 0 Å². The summed E-state index contributed by atoms with van der Waals surface area (Å²) in [4.78, 5) is 0. The number of aromatic nitrogens is 2. The number of hydrogen-bond acceptors (Lipinski definition) is 4. The topological polar surface area (TPSA) is 61.6 Å². The molecule has 0 aliphatic rings. The third kappa shape index (κ3) is 2.56. The van der Waals surface area contributed by atoms with E-state index in [2.05, 4.69) is 22.1 Å². The van der Waals surface area contributed by atoms with Gasteiger partial charge in [-0.15, -0.1) is 5.10 Å². The van der Waals surface area contributed by atoms with Gasteiger partial charge in [-0.25, -0.2) is 0 Å². The van der Waals surface area contributed by atoms with Crippen LogP contribution in [-0.4, -0.2) is 16.7 Å². The molecule has 0 atom stereocenters. The fourth-order valence-electron chi connectivity index (χ4n) is 0.787. The second-order valence-electron chi connectivity index (χ2n) is 2.72. The molecular weight excluding hydrogens is 164 g/mol. The van der Waals surface area contributed by atoms with Crippen LogP contribution in [0.2, 0.25) is 0 Å². The first-order valence-electron chi connectivity index (χ1n) is 3.84. The normalized spacial score (nSPS) is 8.92. The van der Waals surface area contributed by atoms with E-state index in [0.717, 1.165) is 5.57 Å². The molecule has 1 N–H and O–H groups in total. The van der Waals surface area contributed by atoms with E-state index in [1.165, 1.54) is 6.20 Å². The summed E-state index contributed by atoms with van der Waals surface area (Å²) in [5, 5.41) is 19.1. The van der Waals surface area contributed by atoms with Crippen molar-refractivity contribution in [2.24, 2.45) is 0 Å². The Bertz CT molecular complexity index is 351. The number of nitrogens with zero attached hydrogens (tertiary/aromatic N) is 3. The lowest BCUT2D eigenvalue weighted by Gasteiger charge is -2.04. The van der Waals surface area contributed by atoms with Gasteiger partial charge in [0.2, 0.25) is 0 Å². The second-order valence-corrected chi connectivity index (χ2v) is 2.72. The third-order valence-corrected chi connectivity index (χ3v) is 1.40. The molecule has 0 spiro atoms. The first kappa shape index (κ1) is 9.20. The molecule has 0 aromatic carbocycles. The van der Waals surface area contributed by atoms with E-state index < -0.39 is 0 Å². The van der Waals surface area contributed by atoms with Gasteiger partial charge in [-0.2, -0.15) is 10.4 Å². The van der Waals surface area contributed by atoms with Crippen molar-refractivity contribution in [3.63, 3.8) is 0 Å². The lowest BCUT2D eigenvalue weighted by molar-refractivity contribution is 1.01. The summed E-state index contributed by atoms with van der Waals surface area (Å²) in [6.45, 7) is 6.23. The average molecular weight is 174 g/mol. The van der Waals surface area contributed by atoms with Crippen LogP contribution in [0.15, 0.2) is 24.4 Å². The van der Waals surface area contributed by atoms with Crippen LogP contribution < -0.4 is 5.32 Å².